The molecule has 3 saturated heterocycles. The molecule has 5 heterocycles. The first kappa shape index (κ1) is 28.3. The Bertz CT molecular complexity index is 1580. The molecule has 224 valence electrons. The van der Waals surface area contributed by atoms with Crippen LogP contribution < -0.4 is 10.2 Å². The van der Waals surface area contributed by atoms with Crippen molar-refractivity contribution in [3.63, 3.8) is 0 Å². The van der Waals surface area contributed by atoms with E-state index in [0.717, 1.165) is 72.9 Å². The van der Waals surface area contributed by atoms with Crippen LogP contribution in [0, 0.1) is 5.41 Å². The second kappa shape index (κ2) is 11.6. The normalized spacial score (nSPS) is 20.0. The number of likely N-dealkylation sites (tertiary alicyclic amines) is 1. The summed E-state index contributed by atoms with van der Waals surface area (Å²) < 4.78 is 1.84. The van der Waals surface area contributed by atoms with E-state index in [0.29, 0.717) is 42.8 Å². The van der Waals surface area contributed by atoms with Crippen LogP contribution in [0.25, 0.3) is 5.65 Å². The van der Waals surface area contributed by atoms with Crippen molar-refractivity contribution in [3.8, 4) is 0 Å². The van der Waals surface area contributed by atoms with Gasteiger partial charge in [0.2, 0.25) is 0 Å². The van der Waals surface area contributed by atoms with Gasteiger partial charge in [-0.25, -0.2) is 9.50 Å². The zero-order valence-electron chi connectivity index (χ0n) is 24.5. The number of pyridine rings is 1. The zero-order chi connectivity index (χ0) is 29.4. The molecule has 0 bridgehead atoms. The van der Waals surface area contributed by atoms with Gasteiger partial charge in [-0.05, 0) is 98.0 Å². The van der Waals surface area contributed by atoms with Crippen LogP contribution in [-0.4, -0.2) is 69.8 Å². The number of hydrogen-bond donors (Lipinski definition) is 2. The van der Waals surface area contributed by atoms with Crippen molar-refractivity contribution in [2.45, 2.75) is 50.5 Å². The molecule has 7 rings (SSSR count). The predicted molar refractivity (Wildman–Crippen MR) is 169 cm³/mol. The van der Waals surface area contributed by atoms with E-state index in [4.69, 9.17) is 21.7 Å². The van der Waals surface area contributed by atoms with Gasteiger partial charge < -0.3 is 20.2 Å². The summed E-state index contributed by atoms with van der Waals surface area (Å²) >= 11 is 6.06. The van der Waals surface area contributed by atoms with Crippen molar-refractivity contribution in [2.75, 3.05) is 44.2 Å². The third-order valence-electron chi connectivity index (χ3n) is 9.93. The fraction of sp³-hybridized carbons (Fsp3) is 0.441. The lowest BCUT2D eigenvalue weighted by Crippen LogP contribution is -2.49. The zero-order valence-corrected chi connectivity index (χ0v) is 25.3. The Kier molecular flexibility index (Phi) is 7.61. The molecular formula is C34H39ClN6O2. The number of carbonyl (C=O) groups is 1. The number of aromatic nitrogens is 3. The molecular weight excluding hydrogens is 560 g/mol. The lowest BCUT2D eigenvalue weighted by Gasteiger charge is -2.44. The molecule has 0 aliphatic carbocycles. The largest absolute Gasteiger partial charge is 0.385 e. The number of fused-ring (bicyclic) bond motifs is 1. The molecule has 4 aromatic rings. The van der Waals surface area contributed by atoms with Crippen molar-refractivity contribution in [1.29, 1.82) is 0 Å². The van der Waals surface area contributed by atoms with Crippen molar-refractivity contribution in [3.05, 3.63) is 94.4 Å². The molecule has 1 spiro atoms. The van der Waals surface area contributed by atoms with Crippen LogP contribution in [-0.2, 0) is 12.0 Å². The molecule has 3 aliphatic heterocycles. The molecule has 0 saturated carbocycles. The average molecular weight is 599 g/mol. The maximum atomic E-state index is 13.2. The van der Waals surface area contributed by atoms with E-state index in [-0.39, 0.29) is 5.91 Å². The fourth-order valence-electron chi connectivity index (χ4n) is 7.20. The number of anilines is 1. The number of nitrogens with zero attached hydrogens (tertiary/aromatic N) is 5. The van der Waals surface area contributed by atoms with Crippen LogP contribution in [0.1, 0.15) is 65.8 Å². The Balaban J connectivity index is 0.996. The highest BCUT2D eigenvalue weighted by molar-refractivity contribution is 6.30. The van der Waals surface area contributed by atoms with Crippen molar-refractivity contribution in [1.82, 2.24) is 24.8 Å². The minimum absolute atomic E-state index is 0.130. The molecule has 2 aromatic heterocycles. The van der Waals surface area contributed by atoms with Crippen molar-refractivity contribution >= 4 is 28.8 Å². The number of piperidine rings is 3. The van der Waals surface area contributed by atoms with Crippen molar-refractivity contribution in [2.24, 2.45) is 5.41 Å². The molecule has 0 radical (unpaired) electrons. The SMILES string of the molecule is O=C(c1ccc(Cc2nc3c(N4CCC(O)(c5ccc(Cl)cc5)CC4)cccn3n2)cc1)N1CCC2(CCCNC2)CC1. The van der Waals surface area contributed by atoms with E-state index in [1.54, 1.807) is 0 Å². The average Bonchev–Trinajstić information content (AvgIpc) is 3.45. The molecule has 2 aromatic carbocycles. The number of halogens is 1. The Hall–Kier alpha value is -3.46. The molecule has 2 N–H and O–H groups in total. The molecule has 3 fully saturated rings. The van der Waals surface area contributed by atoms with Gasteiger partial charge in [0.15, 0.2) is 11.5 Å². The second-order valence-corrected chi connectivity index (χ2v) is 13.1. The highest BCUT2D eigenvalue weighted by atomic mass is 35.5. The number of carbonyl (C=O) groups excluding carboxylic acids is 1. The summed E-state index contributed by atoms with van der Waals surface area (Å²) in [5, 5.41) is 20.3. The number of aliphatic hydroxyl groups is 1. The maximum absolute atomic E-state index is 13.2. The summed E-state index contributed by atoms with van der Waals surface area (Å²) in [5.74, 6) is 0.869. The molecule has 8 nitrogen and oxygen atoms in total. The first-order valence-electron chi connectivity index (χ1n) is 15.6. The first-order chi connectivity index (χ1) is 20.9. The number of rotatable bonds is 5. The van der Waals surface area contributed by atoms with Gasteiger partial charge in [0.05, 0.1) is 11.3 Å². The third kappa shape index (κ3) is 5.76. The second-order valence-electron chi connectivity index (χ2n) is 12.7. The number of amides is 1. The Morgan fingerprint density at radius 2 is 1.67 bits per heavy atom. The van der Waals surface area contributed by atoms with Gasteiger partial charge in [0.1, 0.15) is 0 Å². The quantitative estimate of drug-likeness (QED) is 0.334. The van der Waals surface area contributed by atoms with E-state index >= 15 is 0 Å². The number of nitrogens with one attached hydrogen (secondary N) is 1. The van der Waals surface area contributed by atoms with Crippen LogP contribution >= 0.6 is 11.6 Å². The number of hydrogen-bond acceptors (Lipinski definition) is 6. The number of benzene rings is 2. The lowest BCUT2D eigenvalue weighted by atomic mass is 9.73. The molecule has 0 atom stereocenters. The predicted octanol–water partition coefficient (Wildman–Crippen LogP) is 5.07. The van der Waals surface area contributed by atoms with Gasteiger partial charge in [-0.1, -0.05) is 35.9 Å². The first-order valence-corrected chi connectivity index (χ1v) is 15.9. The van der Waals surface area contributed by atoms with Crippen molar-refractivity contribution < 1.29 is 9.90 Å². The maximum Gasteiger partial charge on any atom is 0.253 e. The summed E-state index contributed by atoms with van der Waals surface area (Å²) in [6.07, 6.45) is 8.46. The molecule has 0 unspecified atom stereocenters. The molecule has 1 amide bonds. The summed E-state index contributed by atoms with van der Waals surface area (Å²) in [6.45, 7) is 5.32. The smallest absolute Gasteiger partial charge is 0.253 e. The standard InChI is InChI=1S/C34H39ClN6O2/c35-28-10-8-27(9-11-28)34(43)15-21-39(22-16-34)29-3-1-18-41-31(29)37-30(38-41)23-25-4-6-26(7-5-25)32(42)40-19-13-33(14-20-40)12-2-17-36-24-33/h1,3-11,18,36,43H,2,12-17,19-24H2. The summed E-state index contributed by atoms with van der Waals surface area (Å²) in [7, 11) is 0. The Morgan fingerprint density at radius 3 is 2.37 bits per heavy atom. The van der Waals surface area contributed by atoms with Gasteiger partial charge in [0.25, 0.3) is 5.91 Å². The van der Waals surface area contributed by atoms with Gasteiger partial charge in [-0.15, -0.1) is 0 Å². The van der Waals surface area contributed by atoms with Crippen LogP contribution in [0.15, 0.2) is 66.9 Å². The highest BCUT2D eigenvalue weighted by Gasteiger charge is 2.37. The van der Waals surface area contributed by atoms with Gasteiger partial charge >= 0.3 is 0 Å². The van der Waals surface area contributed by atoms with E-state index < -0.39 is 5.60 Å². The van der Waals surface area contributed by atoms with Gasteiger partial charge in [-0.2, -0.15) is 5.10 Å². The minimum Gasteiger partial charge on any atom is -0.385 e. The van der Waals surface area contributed by atoms with E-state index in [1.807, 2.05) is 70.2 Å². The Morgan fingerprint density at radius 1 is 0.930 bits per heavy atom. The lowest BCUT2D eigenvalue weighted by molar-refractivity contribution is 0.0118. The van der Waals surface area contributed by atoms with E-state index in [1.165, 1.54) is 12.8 Å². The van der Waals surface area contributed by atoms with Crippen LogP contribution in [0.5, 0.6) is 0 Å². The molecule has 3 aliphatic rings. The molecule has 9 heteroatoms. The summed E-state index contributed by atoms with van der Waals surface area (Å²) in [4.78, 5) is 22.5. The van der Waals surface area contributed by atoms with E-state index in [9.17, 15) is 9.90 Å². The summed E-state index contributed by atoms with van der Waals surface area (Å²) in [5.41, 5.74) is 4.09. The van der Waals surface area contributed by atoms with Gasteiger partial charge in [0, 0.05) is 55.9 Å². The van der Waals surface area contributed by atoms with E-state index in [2.05, 4.69) is 16.3 Å². The molecule has 43 heavy (non-hydrogen) atoms. The topological polar surface area (TPSA) is 86.0 Å². The minimum atomic E-state index is -0.860. The van der Waals surface area contributed by atoms with Crippen LogP contribution in [0.3, 0.4) is 0 Å². The van der Waals surface area contributed by atoms with Crippen LogP contribution in [0.2, 0.25) is 5.02 Å². The van der Waals surface area contributed by atoms with Crippen LogP contribution in [0.4, 0.5) is 5.69 Å². The Labute approximate surface area is 257 Å². The monoisotopic (exact) mass is 598 g/mol. The summed E-state index contributed by atoms with van der Waals surface area (Å²) in [6, 6.07) is 19.5. The third-order valence-corrected chi connectivity index (χ3v) is 10.2. The fourth-order valence-corrected chi connectivity index (χ4v) is 7.32. The highest BCUT2D eigenvalue weighted by Crippen LogP contribution is 2.38. The van der Waals surface area contributed by atoms with Gasteiger partial charge in [-0.3, -0.25) is 4.79 Å².